The van der Waals surface area contributed by atoms with Gasteiger partial charge in [-0.1, -0.05) is 35.8 Å². The van der Waals surface area contributed by atoms with Crippen molar-refractivity contribution in [3.05, 3.63) is 40.5 Å². The van der Waals surface area contributed by atoms with E-state index in [4.69, 9.17) is 11.6 Å². The van der Waals surface area contributed by atoms with Crippen molar-refractivity contribution in [1.29, 1.82) is 0 Å². The molecular formula is C20H18BrClN4O2. The highest BCUT2D eigenvalue weighted by Crippen LogP contribution is 2.67. The van der Waals surface area contributed by atoms with Crippen LogP contribution in [0.5, 0.6) is 0 Å². The van der Waals surface area contributed by atoms with Gasteiger partial charge in [0, 0.05) is 34.1 Å². The number of urea groups is 1. The smallest absolute Gasteiger partial charge is 0.317 e. The number of carbonyl (C=O) groups is 2. The number of hydrogen-bond donors (Lipinski definition) is 1. The first kappa shape index (κ1) is 17.0. The molecule has 3 amide bonds. The highest BCUT2D eigenvalue weighted by molar-refractivity contribution is 9.10. The average molecular weight is 462 g/mol. The fourth-order valence-electron chi connectivity index (χ4n) is 6.23. The van der Waals surface area contributed by atoms with Crippen molar-refractivity contribution < 1.29 is 9.59 Å². The Kier molecular flexibility index (Phi) is 2.93. The van der Waals surface area contributed by atoms with Crippen molar-refractivity contribution in [2.75, 3.05) is 4.90 Å². The topological polar surface area (TPSA) is 65.0 Å². The molecule has 1 aromatic rings. The fraction of sp³-hybridized carbons (Fsp3) is 0.450. The number of carbonyl (C=O) groups excluding carboxylic acids is 2. The van der Waals surface area contributed by atoms with Crippen LogP contribution in [-0.4, -0.2) is 39.3 Å². The van der Waals surface area contributed by atoms with Crippen LogP contribution in [-0.2, 0) is 4.79 Å². The summed E-state index contributed by atoms with van der Waals surface area (Å²) in [6.45, 7) is 4.23. The van der Waals surface area contributed by atoms with Gasteiger partial charge in [-0.3, -0.25) is 9.69 Å². The van der Waals surface area contributed by atoms with Gasteiger partial charge in [0.25, 0.3) is 0 Å². The van der Waals surface area contributed by atoms with Gasteiger partial charge in [-0.2, -0.15) is 4.99 Å². The fourth-order valence-corrected chi connectivity index (χ4v) is 7.32. The molecule has 6 nitrogen and oxygen atoms in total. The zero-order valence-corrected chi connectivity index (χ0v) is 17.7. The quantitative estimate of drug-likeness (QED) is 0.599. The monoisotopic (exact) mass is 460 g/mol. The van der Waals surface area contributed by atoms with Crippen LogP contribution in [0.4, 0.5) is 10.5 Å². The summed E-state index contributed by atoms with van der Waals surface area (Å²) >= 11 is 10.7. The Labute approximate surface area is 175 Å². The minimum atomic E-state index is -0.865. The Hall–Kier alpha value is -1.86. The first-order valence-corrected chi connectivity index (χ1v) is 10.6. The van der Waals surface area contributed by atoms with Crippen LogP contribution >= 0.6 is 27.5 Å². The minimum Gasteiger partial charge on any atom is -0.317 e. The molecule has 144 valence electrons. The lowest BCUT2D eigenvalue weighted by Crippen LogP contribution is -2.81. The van der Waals surface area contributed by atoms with E-state index in [1.54, 1.807) is 11.1 Å². The van der Waals surface area contributed by atoms with Crippen LogP contribution < -0.4 is 10.2 Å². The van der Waals surface area contributed by atoms with Crippen LogP contribution in [0, 0.1) is 5.41 Å². The molecule has 2 spiro atoms. The summed E-state index contributed by atoms with van der Waals surface area (Å²) in [5.74, 6) is -0.0210. The third kappa shape index (κ3) is 1.56. The number of nitrogens with zero attached hydrogens (tertiary/aromatic N) is 3. The van der Waals surface area contributed by atoms with Gasteiger partial charge in [-0.15, -0.1) is 11.6 Å². The highest BCUT2D eigenvalue weighted by Gasteiger charge is 2.77. The molecule has 5 aliphatic rings. The molecule has 2 saturated heterocycles. The Balaban J connectivity index is 1.78. The van der Waals surface area contributed by atoms with Gasteiger partial charge in [0.15, 0.2) is 5.66 Å². The lowest BCUT2D eigenvalue weighted by Gasteiger charge is -2.63. The summed E-state index contributed by atoms with van der Waals surface area (Å²) in [4.78, 5) is 33.9. The molecule has 0 unspecified atom stereocenters. The molecule has 1 aromatic carbocycles. The van der Waals surface area contributed by atoms with Crippen LogP contribution in [0.25, 0.3) is 0 Å². The molecular weight excluding hydrogens is 444 g/mol. The molecule has 28 heavy (non-hydrogen) atoms. The van der Waals surface area contributed by atoms with Gasteiger partial charge in [0.2, 0.25) is 5.91 Å². The van der Waals surface area contributed by atoms with Crippen LogP contribution in [0.3, 0.4) is 0 Å². The van der Waals surface area contributed by atoms with E-state index in [9.17, 15) is 9.59 Å². The first-order valence-electron chi connectivity index (χ1n) is 9.39. The SMILES string of the molecule is CC1(C)C[C@@H](Cl)[C@]23[C@@H]4CC(=O)N2C=CC2=NC(=O)N[C@@]21N3c1cc(Br)ccc14. The van der Waals surface area contributed by atoms with E-state index in [0.717, 1.165) is 15.7 Å². The average Bonchev–Trinajstić information content (AvgIpc) is 3.15. The lowest BCUT2D eigenvalue weighted by molar-refractivity contribution is -0.129. The van der Waals surface area contributed by atoms with Gasteiger partial charge in [-0.05, 0) is 30.2 Å². The molecule has 8 heteroatoms. The van der Waals surface area contributed by atoms with Gasteiger partial charge in [-0.25, -0.2) is 4.79 Å². The summed E-state index contributed by atoms with van der Waals surface area (Å²) in [5.41, 5.74) is 0.694. The van der Waals surface area contributed by atoms with Crippen molar-refractivity contribution in [1.82, 2.24) is 10.2 Å². The highest BCUT2D eigenvalue weighted by atomic mass is 79.9. The van der Waals surface area contributed by atoms with Crippen molar-refractivity contribution in [2.24, 2.45) is 10.4 Å². The third-order valence-electron chi connectivity index (χ3n) is 7.24. The second-order valence-corrected chi connectivity index (χ2v) is 10.3. The number of benzene rings is 1. The number of nitrogens with one attached hydrogen (secondary N) is 1. The predicted molar refractivity (Wildman–Crippen MR) is 109 cm³/mol. The van der Waals surface area contributed by atoms with Crippen molar-refractivity contribution >= 4 is 50.9 Å². The van der Waals surface area contributed by atoms with E-state index in [1.165, 1.54) is 0 Å². The Morgan fingerprint density at radius 3 is 2.89 bits per heavy atom. The Bertz CT molecular complexity index is 1050. The molecule has 0 radical (unpaired) electrons. The number of fused-ring (bicyclic) bond motifs is 2. The summed E-state index contributed by atoms with van der Waals surface area (Å²) in [6, 6.07) is 5.79. The van der Waals surface area contributed by atoms with Gasteiger partial charge in [0.1, 0.15) is 5.66 Å². The molecule has 1 N–H and O–H groups in total. The first-order chi connectivity index (χ1) is 13.2. The van der Waals surface area contributed by atoms with Gasteiger partial charge < -0.3 is 10.2 Å². The van der Waals surface area contributed by atoms with E-state index < -0.39 is 16.7 Å². The second kappa shape index (κ2) is 4.82. The molecule has 2 fully saturated rings. The second-order valence-electron chi connectivity index (χ2n) is 8.85. The van der Waals surface area contributed by atoms with Crippen LogP contribution in [0.2, 0.25) is 0 Å². The summed E-state index contributed by atoms with van der Waals surface area (Å²) in [6.07, 6.45) is 4.64. The zero-order valence-electron chi connectivity index (χ0n) is 15.4. The van der Waals surface area contributed by atoms with E-state index in [1.807, 2.05) is 12.1 Å². The third-order valence-corrected chi connectivity index (χ3v) is 8.21. The number of alkyl halides is 1. The molecule has 0 aliphatic carbocycles. The summed E-state index contributed by atoms with van der Waals surface area (Å²) < 4.78 is 0.943. The standard InChI is InChI=1S/C20H18BrClN4O2/c1-18(2)9-14(22)19-12-8-16(27)25(19)6-5-15-20(18,24-17(28)23-15)26(19)13-7-10(21)3-4-11(12)13/h3-7,12,14H,8-9H2,1-2H3,(H,24,28)/t12-,14-,19-,20-/m1/s1. The van der Waals surface area contributed by atoms with Gasteiger partial charge >= 0.3 is 6.03 Å². The molecule has 2 bridgehead atoms. The summed E-state index contributed by atoms with van der Waals surface area (Å²) in [5, 5.41) is 2.87. The maximum absolute atomic E-state index is 13.1. The lowest BCUT2D eigenvalue weighted by atomic mass is 9.65. The number of rotatable bonds is 0. The molecule has 5 aliphatic heterocycles. The maximum atomic E-state index is 13.1. The van der Waals surface area contributed by atoms with Crippen molar-refractivity contribution in [3.63, 3.8) is 0 Å². The van der Waals surface area contributed by atoms with E-state index in [2.05, 4.69) is 57.1 Å². The van der Waals surface area contributed by atoms with Gasteiger partial charge in [0.05, 0.1) is 11.1 Å². The number of aliphatic imine (C=N–C) groups is 1. The normalized spacial score (nSPS) is 38.6. The van der Waals surface area contributed by atoms with Crippen LogP contribution in [0.1, 0.15) is 38.2 Å². The number of anilines is 1. The number of amides is 3. The van der Waals surface area contributed by atoms with Crippen LogP contribution in [0.15, 0.2) is 39.9 Å². The minimum absolute atomic E-state index is 0.0484. The number of piperidine rings is 1. The van der Waals surface area contributed by atoms with Crippen molar-refractivity contribution in [3.8, 4) is 0 Å². The van der Waals surface area contributed by atoms with E-state index in [-0.39, 0.29) is 23.2 Å². The number of hydrogen-bond acceptors (Lipinski definition) is 3. The van der Waals surface area contributed by atoms with E-state index in [0.29, 0.717) is 18.6 Å². The molecule has 5 heterocycles. The molecule has 4 atom stereocenters. The molecule has 0 saturated carbocycles. The zero-order chi connectivity index (χ0) is 19.6. The molecule has 6 rings (SSSR count). The van der Waals surface area contributed by atoms with Crippen molar-refractivity contribution in [2.45, 2.75) is 49.3 Å². The number of halogens is 2. The Morgan fingerprint density at radius 2 is 2.11 bits per heavy atom. The Morgan fingerprint density at radius 1 is 1.32 bits per heavy atom. The largest absolute Gasteiger partial charge is 0.343 e. The predicted octanol–water partition coefficient (Wildman–Crippen LogP) is 3.71. The van der Waals surface area contributed by atoms with E-state index >= 15 is 0 Å². The molecule has 0 aromatic heterocycles. The maximum Gasteiger partial charge on any atom is 0.343 e. The summed E-state index contributed by atoms with van der Waals surface area (Å²) in [7, 11) is 0.